The van der Waals surface area contributed by atoms with Gasteiger partial charge in [0, 0.05) is 72.7 Å². The molecule has 10 nitrogen and oxygen atoms in total. The average Bonchev–Trinajstić information content (AvgIpc) is 3.38. The maximum atomic E-state index is 13.6. The topological polar surface area (TPSA) is 115 Å². The van der Waals surface area contributed by atoms with E-state index in [0.29, 0.717) is 57.4 Å². The van der Waals surface area contributed by atoms with Crippen LogP contribution in [0.15, 0.2) is 72.8 Å². The maximum absolute atomic E-state index is 13.6. The zero-order chi connectivity index (χ0) is 36.2. The lowest BCUT2D eigenvalue weighted by molar-refractivity contribution is -0.165. The van der Waals surface area contributed by atoms with Crippen molar-refractivity contribution in [2.75, 3.05) is 30.2 Å². The van der Waals surface area contributed by atoms with Crippen LogP contribution in [0.1, 0.15) is 85.5 Å². The number of hydrogen-bond donors (Lipinski definition) is 1. The monoisotopic (exact) mass is 710 g/mol. The van der Waals surface area contributed by atoms with Gasteiger partial charge in [0.1, 0.15) is 17.2 Å². The summed E-state index contributed by atoms with van der Waals surface area (Å²) in [5.74, 6) is -0.0510. The minimum Gasteiger partial charge on any atom is -0.508 e. The highest BCUT2D eigenvalue weighted by Crippen LogP contribution is 2.60. The third-order valence-corrected chi connectivity index (χ3v) is 10.4. The smallest absolute Gasteiger partial charge is 0.340 e. The summed E-state index contributed by atoms with van der Waals surface area (Å²) in [5.41, 5.74) is 4.46. The molecule has 0 amide bonds. The number of rotatable bonds is 8. The van der Waals surface area contributed by atoms with Gasteiger partial charge in [-0.05, 0) is 80.6 Å². The summed E-state index contributed by atoms with van der Waals surface area (Å²) in [7, 11) is 1.88. The molecule has 1 spiro atoms. The highest BCUT2D eigenvalue weighted by molar-refractivity contribution is 6.33. The van der Waals surface area contributed by atoms with Crippen LogP contribution in [0, 0.1) is 0 Å². The largest absolute Gasteiger partial charge is 0.508 e. The molecule has 3 aliphatic rings. The molecule has 0 saturated carbocycles. The molecule has 0 aliphatic carbocycles. The van der Waals surface area contributed by atoms with Gasteiger partial charge in [0.05, 0.1) is 16.3 Å². The Labute approximate surface area is 301 Å². The number of phenols is 1. The van der Waals surface area contributed by atoms with Crippen LogP contribution in [0.5, 0.6) is 17.2 Å². The standard InChI is InChI=1S/C40H39ClN2O8/c1-23-21-39(3,4)43(16-8-11-37(46)49-22-48-24(2)44)33-19-35-30(17-28(23)33)40(29-10-7-6-9-27(29)38(47)51-40)31-18-32(41)34(20-36(31)50-35)42(5)25-12-14-26(45)15-13-25/h6-7,9-10,12-15,17-20,23,45H,8,11,16,21-22H2,1-5H3. The Kier molecular flexibility index (Phi) is 8.62. The fraction of sp³-hybridized carbons (Fsp3) is 0.325. The van der Waals surface area contributed by atoms with E-state index in [1.807, 2.05) is 48.3 Å². The first-order valence-corrected chi connectivity index (χ1v) is 17.3. The molecule has 4 aromatic carbocycles. The van der Waals surface area contributed by atoms with Crippen LogP contribution in [0.3, 0.4) is 0 Å². The number of hydrogen-bond acceptors (Lipinski definition) is 10. The summed E-state index contributed by atoms with van der Waals surface area (Å²) in [5, 5.41) is 10.3. The van der Waals surface area contributed by atoms with E-state index in [1.54, 1.807) is 30.3 Å². The normalized spacial score (nSPS) is 19.2. The molecule has 2 unspecified atom stereocenters. The predicted octanol–water partition coefficient (Wildman–Crippen LogP) is 8.32. The number of carbonyl (C=O) groups is 3. The van der Waals surface area contributed by atoms with Gasteiger partial charge in [0.15, 0.2) is 5.60 Å². The lowest BCUT2D eigenvalue weighted by Crippen LogP contribution is -2.49. The number of aromatic hydroxyl groups is 1. The number of esters is 3. The zero-order valence-corrected chi connectivity index (χ0v) is 29.9. The van der Waals surface area contributed by atoms with E-state index in [0.717, 1.165) is 23.4 Å². The molecule has 0 saturated heterocycles. The van der Waals surface area contributed by atoms with E-state index in [1.165, 1.54) is 6.92 Å². The molecule has 7 rings (SSSR count). The van der Waals surface area contributed by atoms with Crippen molar-refractivity contribution in [1.29, 1.82) is 0 Å². The number of phenolic OH excluding ortho intramolecular Hbond substituents is 1. The fourth-order valence-electron chi connectivity index (χ4n) is 7.78. The lowest BCUT2D eigenvalue weighted by Gasteiger charge is -2.48. The summed E-state index contributed by atoms with van der Waals surface area (Å²) in [4.78, 5) is 41.2. The molecule has 4 aromatic rings. The van der Waals surface area contributed by atoms with E-state index in [4.69, 9.17) is 30.5 Å². The van der Waals surface area contributed by atoms with Crippen molar-refractivity contribution in [3.63, 3.8) is 0 Å². The van der Waals surface area contributed by atoms with Crippen molar-refractivity contribution in [2.45, 2.75) is 64.0 Å². The number of carbonyl (C=O) groups excluding carboxylic acids is 3. The number of benzene rings is 4. The third-order valence-electron chi connectivity index (χ3n) is 10.1. The second-order valence-electron chi connectivity index (χ2n) is 13.9. The van der Waals surface area contributed by atoms with Gasteiger partial charge in [0.25, 0.3) is 0 Å². The molecule has 11 heteroatoms. The molecular formula is C40H39ClN2O8. The second-order valence-corrected chi connectivity index (χ2v) is 14.4. The molecule has 0 bridgehead atoms. The molecular weight excluding hydrogens is 672 g/mol. The van der Waals surface area contributed by atoms with Crippen LogP contribution in [0.4, 0.5) is 17.1 Å². The lowest BCUT2D eigenvalue weighted by atomic mass is 9.74. The Balaban J connectivity index is 1.32. The van der Waals surface area contributed by atoms with Crippen LogP contribution >= 0.6 is 11.6 Å². The number of halogens is 1. The number of fused-ring (bicyclic) bond motifs is 7. The van der Waals surface area contributed by atoms with Crippen molar-refractivity contribution in [2.24, 2.45) is 0 Å². The molecule has 0 aromatic heterocycles. The SMILES string of the molecule is CC(=O)OCOC(=O)CCCN1c2cc3c(cc2C(C)CC1(C)C)C1(OC(=O)c2ccccc21)c1cc(Cl)c(N(C)c2ccc(O)cc2)cc1O3. The molecule has 3 aliphatic heterocycles. The summed E-state index contributed by atoms with van der Waals surface area (Å²) in [6.45, 7) is 7.98. The van der Waals surface area contributed by atoms with Crippen LogP contribution in [0.2, 0.25) is 5.02 Å². The summed E-state index contributed by atoms with van der Waals surface area (Å²) in [6.07, 6.45) is 1.51. The molecule has 0 radical (unpaired) electrons. The van der Waals surface area contributed by atoms with Crippen molar-refractivity contribution in [1.82, 2.24) is 0 Å². The van der Waals surface area contributed by atoms with Gasteiger partial charge in [-0.15, -0.1) is 0 Å². The van der Waals surface area contributed by atoms with Gasteiger partial charge < -0.3 is 33.9 Å². The number of ether oxygens (including phenoxy) is 4. The Bertz CT molecular complexity index is 2060. The summed E-state index contributed by atoms with van der Waals surface area (Å²) >= 11 is 7.04. The highest BCUT2D eigenvalue weighted by Gasteiger charge is 2.54. The fourth-order valence-corrected chi connectivity index (χ4v) is 8.07. The summed E-state index contributed by atoms with van der Waals surface area (Å²) in [6, 6.07) is 22.0. The van der Waals surface area contributed by atoms with Gasteiger partial charge in [0.2, 0.25) is 6.79 Å². The minimum absolute atomic E-state index is 0.154. The molecule has 2 atom stereocenters. The Morgan fingerprint density at radius 3 is 2.45 bits per heavy atom. The Hall–Kier alpha value is -5.22. The average molecular weight is 711 g/mol. The van der Waals surface area contributed by atoms with Gasteiger partial charge in [-0.25, -0.2) is 4.79 Å². The van der Waals surface area contributed by atoms with E-state index in [-0.39, 0.29) is 23.6 Å². The van der Waals surface area contributed by atoms with E-state index in [9.17, 15) is 19.5 Å². The Morgan fingerprint density at radius 1 is 1.00 bits per heavy atom. The summed E-state index contributed by atoms with van der Waals surface area (Å²) < 4.78 is 23.1. The number of anilines is 3. The molecule has 1 N–H and O–H groups in total. The maximum Gasteiger partial charge on any atom is 0.340 e. The minimum atomic E-state index is -1.31. The number of nitrogens with zero attached hydrogens (tertiary/aromatic N) is 2. The quantitative estimate of drug-likeness (QED) is 0.141. The highest BCUT2D eigenvalue weighted by atomic mass is 35.5. The van der Waals surface area contributed by atoms with Crippen LogP contribution in [-0.2, 0) is 29.4 Å². The Morgan fingerprint density at radius 2 is 1.71 bits per heavy atom. The molecule has 51 heavy (non-hydrogen) atoms. The van der Waals surface area contributed by atoms with Crippen LogP contribution < -0.4 is 14.5 Å². The van der Waals surface area contributed by atoms with Crippen molar-refractivity contribution in [3.8, 4) is 17.2 Å². The van der Waals surface area contributed by atoms with Crippen LogP contribution in [0.25, 0.3) is 0 Å². The van der Waals surface area contributed by atoms with Crippen molar-refractivity contribution >= 4 is 46.6 Å². The second kappa shape index (κ2) is 12.8. The third kappa shape index (κ3) is 5.91. The predicted molar refractivity (Wildman–Crippen MR) is 192 cm³/mol. The van der Waals surface area contributed by atoms with Gasteiger partial charge in [-0.3, -0.25) is 9.59 Å². The first kappa shape index (κ1) is 34.2. The van der Waals surface area contributed by atoms with Crippen molar-refractivity contribution in [3.05, 3.63) is 106 Å². The van der Waals surface area contributed by atoms with Gasteiger partial charge in [-0.1, -0.05) is 36.7 Å². The molecule has 264 valence electrons. The van der Waals surface area contributed by atoms with Crippen LogP contribution in [-0.4, -0.2) is 48.9 Å². The van der Waals surface area contributed by atoms with E-state index >= 15 is 0 Å². The first-order chi connectivity index (χ1) is 24.3. The molecule has 3 heterocycles. The zero-order valence-electron chi connectivity index (χ0n) is 29.1. The van der Waals surface area contributed by atoms with Crippen molar-refractivity contribution < 1.29 is 38.4 Å². The van der Waals surface area contributed by atoms with Gasteiger partial charge >= 0.3 is 17.9 Å². The van der Waals surface area contributed by atoms with E-state index < -0.39 is 30.3 Å². The first-order valence-electron chi connectivity index (χ1n) is 16.9. The van der Waals surface area contributed by atoms with Gasteiger partial charge in [-0.2, -0.15) is 0 Å². The molecule has 0 fully saturated rings. The van der Waals surface area contributed by atoms with E-state index in [2.05, 4.69) is 31.7 Å².